The summed E-state index contributed by atoms with van der Waals surface area (Å²) in [6.45, 7) is 1.96. The van der Waals surface area contributed by atoms with E-state index in [2.05, 4.69) is 10.3 Å². The number of H-pyrrole nitrogens is 1. The number of ether oxygens (including phenoxy) is 2. The number of aromatic nitrogens is 1. The molecule has 0 amide bonds. The van der Waals surface area contributed by atoms with Crippen molar-refractivity contribution in [1.29, 1.82) is 0 Å². The van der Waals surface area contributed by atoms with Crippen molar-refractivity contribution in [2.45, 2.75) is 19.1 Å². The van der Waals surface area contributed by atoms with Gasteiger partial charge >= 0.3 is 6.18 Å². The molecule has 7 heteroatoms. The van der Waals surface area contributed by atoms with Crippen LogP contribution in [0.15, 0.2) is 66.7 Å². The van der Waals surface area contributed by atoms with Gasteiger partial charge in [0.2, 0.25) is 0 Å². The molecule has 166 valence electrons. The Morgan fingerprint density at radius 3 is 2.34 bits per heavy atom. The van der Waals surface area contributed by atoms with Crippen LogP contribution in [-0.2, 0) is 6.18 Å². The van der Waals surface area contributed by atoms with Gasteiger partial charge in [0.15, 0.2) is 11.5 Å². The smallest absolute Gasteiger partial charge is 0.416 e. The number of aromatic amines is 1. The van der Waals surface area contributed by atoms with Crippen molar-refractivity contribution in [3.05, 3.63) is 89.1 Å². The van der Waals surface area contributed by atoms with Crippen LogP contribution < -0.4 is 14.8 Å². The summed E-state index contributed by atoms with van der Waals surface area (Å²) in [5.74, 6) is 1.11. The van der Waals surface area contributed by atoms with Crippen molar-refractivity contribution in [3.63, 3.8) is 0 Å². The summed E-state index contributed by atoms with van der Waals surface area (Å²) < 4.78 is 50.7. The van der Waals surface area contributed by atoms with Gasteiger partial charge in [-0.2, -0.15) is 13.2 Å². The molecule has 4 nitrogen and oxygen atoms in total. The third-order valence-electron chi connectivity index (χ3n) is 5.47. The molecule has 0 aliphatic heterocycles. The molecule has 0 bridgehead atoms. The highest BCUT2D eigenvalue weighted by Gasteiger charge is 2.31. The molecule has 4 rings (SSSR count). The Labute approximate surface area is 184 Å². The molecule has 0 spiro atoms. The van der Waals surface area contributed by atoms with E-state index in [0.29, 0.717) is 17.2 Å². The van der Waals surface area contributed by atoms with E-state index < -0.39 is 17.8 Å². The minimum atomic E-state index is -4.42. The third-order valence-corrected chi connectivity index (χ3v) is 5.47. The van der Waals surface area contributed by atoms with Crippen molar-refractivity contribution in [1.82, 2.24) is 4.98 Å². The van der Waals surface area contributed by atoms with Crippen LogP contribution in [0.5, 0.6) is 11.5 Å². The van der Waals surface area contributed by atoms with Crippen LogP contribution in [0.1, 0.15) is 28.4 Å². The third kappa shape index (κ3) is 4.10. The topological polar surface area (TPSA) is 46.3 Å². The van der Waals surface area contributed by atoms with Crippen molar-refractivity contribution >= 4 is 16.6 Å². The minimum Gasteiger partial charge on any atom is -0.493 e. The second-order valence-corrected chi connectivity index (χ2v) is 7.48. The lowest BCUT2D eigenvalue weighted by Gasteiger charge is -2.23. The van der Waals surface area contributed by atoms with Gasteiger partial charge in [0.05, 0.1) is 25.8 Å². The fraction of sp³-hybridized carbons (Fsp3) is 0.200. The zero-order valence-electron chi connectivity index (χ0n) is 17.9. The van der Waals surface area contributed by atoms with E-state index in [1.54, 1.807) is 26.4 Å². The summed E-state index contributed by atoms with van der Waals surface area (Å²) in [6.07, 6.45) is -4.42. The molecule has 1 unspecified atom stereocenters. The largest absolute Gasteiger partial charge is 0.493 e. The number of alkyl halides is 3. The maximum absolute atomic E-state index is 13.3. The Bertz CT molecular complexity index is 1250. The molecule has 0 saturated carbocycles. The van der Waals surface area contributed by atoms with E-state index in [1.165, 1.54) is 6.07 Å². The Kier molecular flexibility index (Phi) is 5.74. The zero-order chi connectivity index (χ0) is 22.9. The molecule has 32 heavy (non-hydrogen) atoms. The number of fused-ring (bicyclic) bond motifs is 1. The number of aryl methyl sites for hydroxylation is 1. The van der Waals surface area contributed by atoms with Gasteiger partial charge in [0.25, 0.3) is 0 Å². The summed E-state index contributed by atoms with van der Waals surface area (Å²) in [4.78, 5) is 3.37. The summed E-state index contributed by atoms with van der Waals surface area (Å²) >= 11 is 0. The Morgan fingerprint density at radius 1 is 0.875 bits per heavy atom. The number of rotatable bonds is 6. The molecule has 3 aromatic carbocycles. The molecule has 4 aromatic rings. The first-order valence-electron chi connectivity index (χ1n) is 10.0. The first-order valence-corrected chi connectivity index (χ1v) is 10.0. The molecule has 0 aliphatic carbocycles. The summed E-state index contributed by atoms with van der Waals surface area (Å²) in [7, 11) is 3.10. The summed E-state index contributed by atoms with van der Waals surface area (Å²) in [5.41, 5.74) is 3.31. The van der Waals surface area contributed by atoms with Crippen LogP contribution in [0.25, 0.3) is 10.9 Å². The molecule has 2 N–H and O–H groups in total. The lowest BCUT2D eigenvalue weighted by atomic mass is 9.95. The van der Waals surface area contributed by atoms with Crippen LogP contribution in [0.4, 0.5) is 18.9 Å². The van der Waals surface area contributed by atoms with Crippen LogP contribution in [-0.4, -0.2) is 19.2 Å². The van der Waals surface area contributed by atoms with Crippen LogP contribution in [0, 0.1) is 6.92 Å². The molecule has 0 aliphatic rings. The number of benzene rings is 3. The molecule has 1 atom stereocenters. The van der Waals surface area contributed by atoms with Crippen molar-refractivity contribution in [2.24, 2.45) is 0 Å². The second-order valence-electron chi connectivity index (χ2n) is 7.48. The zero-order valence-corrected chi connectivity index (χ0v) is 17.9. The average molecular weight is 440 g/mol. The van der Waals surface area contributed by atoms with Crippen LogP contribution in [0.3, 0.4) is 0 Å². The number of halogens is 3. The van der Waals surface area contributed by atoms with Crippen molar-refractivity contribution in [3.8, 4) is 11.5 Å². The molecule has 1 heterocycles. The maximum Gasteiger partial charge on any atom is 0.416 e. The molecule has 1 aromatic heterocycles. The number of methoxy groups -OCH3 is 2. The number of anilines is 1. The van der Waals surface area contributed by atoms with Crippen LogP contribution >= 0.6 is 0 Å². The highest BCUT2D eigenvalue weighted by atomic mass is 19.4. The monoisotopic (exact) mass is 440 g/mol. The van der Waals surface area contributed by atoms with Crippen LogP contribution in [0.2, 0.25) is 0 Å². The normalized spacial score (nSPS) is 12.6. The predicted octanol–water partition coefficient (Wildman–Crippen LogP) is 6.71. The number of para-hydroxylation sites is 1. The molecular formula is C25H23F3N2O2. The fourth-order valence-corrected chi connectivity index (χ4v) is 3.98. The van der Waals surface area contributed by atoms with Gasteiger partial charge in [-0.1, -0.05) is 30.3 Å². The second kappa shape index (κ2) is 8.49. The van der Waals surface area contributed by atoms with Crippen molar-refractivity contribution < 1.29 is 22.6 Å². The van der Waals surface area contributed by atoms with Gasteiger partial charge in [-0.25, -0.2) is 0 Å². The SMILES string of the molecule is COc1ccc(C(Nc2cccc(C(F)(F)F)c2)c2c(C)[nH]c3ccccc23)cc1OC. The van der Waals surface area contributed by atoms with Gasteiger partial charge in [-0.3, -0.25) is 0 Å². The van der Waals surface area contributed by atoms with Gasteiger partial charge < -0.3 is 19.8 Å². The van der Waals surface area contributed by atoms with E-state index in [0.717, 1.165) is 39.9 Å². The van der Waals surface area contributed by atoms with Gasteiger partial charge in [0.1, 0.15) is 0 Å². The lowest BCUT2D eigenvalue weighted by molar-refractivity contribution is -0.137. The number of hydrogen-bond acceptors (Lipinski definition) is 3. The quantitative estimate of drug-likeness (QED) is 0.350. The highest BCUT2D eigenvalue weighted by Crippen LogP contribution is 2.39. The van der Waals surface area contributed by atoms with Gasteiger partial charge in [-0.15, -0.1) is 0 Å². The predicted molar refractivity (Wildman–Crippen MR) is 119 cm³/mol. The van der Waals surface area contributed by atoms with Gasteiger partial charge in [-0.05, 0) is 48.9 Å². The summed E-state index contributed by atoms with van der Waals surface area (Å²) in [6, 6.07) is 18.1. The molecule has 0 saturated heterocycles. The maximum atomic E-state index is 13.3. The average Bonchev–Trinajstić information content (AvgIpc) is 3.12. The number of hydrogen-bond donors (Lipinski definition) is 2. The Morgan fingerprint density at radius 2 is 1.62 bits per heavy atom. The van der Waals surface area contributed by atoms with E-state index in [9.17, 15) is 13.2 Å². The van der Waals surface area contributed by atoms with E-state index in [-0.39, 0.29) is 0 Å². The number of nitrogens with one attached hydrogen (secondary N) is 2. The van der Waals surface area contributed by atoms with Gasteiger partial charge in [0, 0.05) is 27.8 Å². The Balaban J connectivity index is 1.87. The first-order chi connectivity index (χ1) is 15.3. The minimum absolute atomic E-state index is 0.365. The highest BCUT2D eigenvalue weighted by molar-refractivity contribution is 5.86. The van der Waals surface area contributed by atoms with E-state index >= 15 is 0 Å². The standard InChI is InChI=1S/C25H23F3N2O2/c1-15-23(19-9-4-5-10-20(19)29-15)24(16-11-12-21(31-2)22(13-16)32-3)30-18-8-6-7-17(14-18)25(26,27)28/h4-14,24,29-30H,1-3H3. The first kappa shape index (κ1) is 21.6. The fourth-order valence-electron chi connectivity index (χ4n) is 3.98. The Hall–Kier alpha value is -3.61. The molecular weight excluding hydrogens is 417 g/mol. The van der Waals surface area contributed by atoms with E-state index in [1.807, 2.05) is 43.3 Å². The van der Waals surface area contributed by atoms with Crippen molar-refractivity contribution in [2.75, 3.05) is 19.5 Å². The summed E-state index contributed by atoms with van der Waals surface area (Å²) in [5, 5.41) is 4.31. The lowest BCUT2D eigenvalue weighted by Crippen LogP contribution is -2.14. The molecule has 0 radical (unpaired) electrons. The molecule has 0 fully saturated rings. The van der Waals surface area contributed by atoms with E-state index in [4.69, 9.17) is 9.47 Å².